The molecule has 1 fully saturated rings. The van der Waals surface area contributed by atoms with Crippen LogP contribution in [0.15, 0.2) is 11.6 Å². The third-order valence-corrected chi connectivity index (χ3v) is 2.14. The molecule has 64 valence electrons. The molecule has 1 heteroatoms. The summed E-state index contributed by atoms with van der Waals surface area (Å²) in [5, 5.41) is 0. The van der Waals surface area contributed by atoms with E-state index in [4.69, 9.17) is 4.74 Å². The van der Waals surface area contributed by atoms with Crippen LogP contribution in [0.25, 0.3) is 0 Å². The second-order valence-electron chi connectivity index (χ2n) is 3.15. The summed E-state index contributed by atoms with van der Waals surface area (Å²) in [6, 6.07) is 0. The van der Waals surface area contributed by atoms with E-state index in [1.165, 1.54) is 18.4 Å². The molecule has 0 amide bonds. The topological polar surface area (TPSA) is 9.23 Å². The largest absolute Gasteiger partial charge is 0.371 e. The first-order valence-electron chi connectivity index (χ1n) is 4.63. The normalized spacial score (nSPS) is 25.2. The third kappa shape index (κ3) is 2.06. The van der Waals surface area contributed by atoms with Crippen molar-refractivity contribution in [1.82, 2.24) is 0 Å². The lowest BCUT2D eigenvalue weighted by atomic mass is 10.1. The van der Waals surface area contributed by atoms with Gasteiger partial charge in [-0.05, 0) is 26.2 Å². The summed E-state index contributed by atoms with van der Waals surface area (Å²) in [5.74, 6) is 0. The standard InChI is InChI=1S/C8H12O.C2H6/c1-7-2-5-9-8(6-7)3-4-8;1-2/h6H,2-5H2,1H3;1-2H3. The Balaban J connectivity index is 0.000000281. The van der Waals surface area contributed by atoms with Gasteiger partial charge in [0.1, 0.15) is 0 Å². The molecule has 0 aromatic rings. The molecule has 1 nitrogen and oxygen atoms in total. The smallest absolute Gasteiger partial charge is 0.0867 e. The van der Waals surface area contributed by atoms with Crippen LogP contribution in [0.3, 0.4) is 0 Å². The molecule has 0 aromatic carbocycles. The molecule has 0 radical (unpaired) electrons. The number of rotatable bonds is 0. The van der Waals surface area contributed by atoms with E-state index in [0.717, 1.165) is 13.0 Å². The van der Waals surface area contributed by atoms with Crippen LogP contribution in [0.1, 0.15) is 40.0 Å². The second kappa shape index (κ2) is 3.40. The van der Waals surface area contributed by atoms with E-state index in [0.29, 0.717) is 0 Å². The van der Waals surface area contributed by atoms with Crippen LogP contribution in [0.2, 0.25) is 0 Å². The van der Waals surface area contributed by atoms with Crippen LogP contribution < -0.4 is 0 Å². The highest BCUT2D eigenvalue weighted by Crippen LogP contribution is 2.44. The molecule has 11 heavy (non-hydrogen) atoms. The molecule has 1 aliphatic carbocycles. The Hall–Kier alpha value is -0.300. The van der Waals surface area contributed by atoms with E-state index in [2.05, 4.69) is 13.0 Å². The maximum atomic E-state index is 5.57. The van der Waals surface area contributed by atoms with Gasteiger partial charge in [0.25, 0.3) is 0 Å². The van der Waals surface area contributed by atoms with Gasteiger partial charge < -0.3 is 4.74 Å². The van der Waals surface area contributed by atoms with Crippen molar-refractivity contribution < 1.29 is 4.74 Å². The van der Waals surface area contributed by atoms with Crippen LogP contribution in [0, 0.1) is 0 Å². The van der Waals surface area contributed by atoms with Gasteiger partial charge in [0.05, 0.1) is 12.2 Å². The average molecular weight is 154 g/mol. The molecule has 0 bridgehead atoms. The Morgan fingerprint density at radius 1 is 1.36 bits per heavy atom. The zero-order valence-corrected chi connectivity index (χ0v) is 7.81. The highest BCUT2D eigenvalue weighted by molar-refractivity contribution is 5.19. The molecule has 1 aliphatic heterocycles. The average Bonchev–Trinajstić information content (AvgIpc) is 2.73. The van der Waals surface area contributed by atoms with Gasteiger partial charge in [-0.1, -0.05) is 25.5 Å². The fourth-order valence-electron chi connectivity index (χ4n) is 1.39. The van der Waals surface area contributed by atoms with Crippen molar-refractivity contribution in [2.75, 3.05) is 6.61 Å². The van der Waals surface area contributed by atoms with Crippen molar-refractivity contribution in [3.8, 4) is 0 Å². The number of ether oxygens (including phenoxy) is 1. The number of hydrogen-bond acceptors (Lipinski definition) is 1. The monoisotopic (exact) mass is 154 g/mol. The minimum atomic E-state index is 0.238. The van der Waals surface area contributed by atoms with Crippen LogP contribution in [-0.4, -0.2) is 12.2 Å². The maximum Gasteiger partial charge on any atom is 0.0867 e. The van der Waals surface area contributed by atoms with Crippen molar-refractivity contribution in [3.63, 3.8) is 0 Å². The summed E-state index contributed by atoms with van der Waals surface area (Å²) in [6.07, 6.45) is 5.95. The minimum absolute atomic E-state index is 0.238. The highest BCUT2D eigenvalue weighted by atomic mass is 16.5. The lowest BCUT2D eigenvalue weighted by Gasteiger charge is -2.18. The molecule has 0 atom stereocenters. The Bertz CT molecular complexity index is 154. The van der Waals surface area contributed by atoms with E-state index in [-0.39, 0.29) is 5.60 Å². The van der Waals surface area contributed by atoms with E-state index in [1.807, 2.05) is 13.8 Å². The van der Waals surface area contributed by atoms with Crippen LogP contribution in [-0.2, 0) is 4.74 Å². The molecule has 0 aromatic heterocycles. The van der Waals surface area contributed by atoms with Gasteiger partial charge in [-0.2, -0.15) is 0 Å². The van der Waals surface area contributed by atoms with Crippen LogP contribution in [0.4, 0.5) is 0 Å². The molecular weight excluding hydrogens is 136 g/mol. The lowest BCUT2D eigenvalue weighted by Crippen LogP contribution is -2.17. The van der Waals surface area contributed by atoms with Gasteiger partial charge in [0.15, 0.2) is 0 Å². The summed E-state index contributed by atoms with van der Waals surface area (Å²) in [6.45, 7) is 7.14. The van der Waals surface area contributed by atoms with Gasteiger partial charge in [0.2, 0.25) is 0 Å². The second-order valence-corrected chi connectivity index (χ2v) is 3.15. The van der Waals surface area contributed by atoms with E-state index < -0.39 is 0 Å². The highest BCUT2D eigenvalue weighted by Gasteiger charge is 2.43. The summed E-state index contributed by atoms with van der Waals surface area (Å²) in [5.41, 5.74) is 1.75. The molecule has 2 aliphatic rings. The molecule has 0 saturated heterocycles. The van der Waals surface area contributed by atoms with Crippen molar-refractivity contribution in [3.05, 3.63) is 11.6 Å². The Morgan fingerprint density at radius 3 is 2.36 bits per heavy atom. The fraction of sp³-hybridized carbons (Fsp3) is 0.800. The molecule has 1 saturated carbocycles. The summed E-state index contributed by atoms with van der Waals surface area (Å²) in [4.78, 5) is 0. The lowest BCUT2D eigenvalue weighted by molar-refractivity contribution is 0.0585. The number of hydrogen-bond donors (Lipinski definition) is 0. The Morgan fingerprint density at radius 2 is 2.00 bits per heavy atom. The fourth-order valence-corrected chi connectivity index (χ4v) is 1.39. The molecular formula is C10H18O. The van der Waals surface area contributed by atoms with Crippen molar-refractivity contribution in [2.24, 2.45) is 0 Å². The molecule has 1 spiro atoms. The van der Waals surface area contributed by atoms with Crippen LogP contribution in [0.5, 0.6) is 0 Å². The van der Waals surface area contributed by atoms with E-state index in [1.54, 1.807) is 0 Å². The molecule has 0 N–H and O–H groups in total. The van der Waals surface area contributed by atoms with Gasteiger partial charge in [-0.15, -0.1) is 0 Å². The Kier molecular flexibility index (Phi) is 2.72. The molecule has 1 heterocycles. The predicted octanol–water partition coefficient (Wildman–Crippen LogP) is 2.91. The first kappa shape index (κ1) is 8.79. The maximum absolute atomic E-state index is 5.57. The van der Waals surface area contributed by atoms with Gasteiger partial charge >= 0.3 is 0 Å². The van der Waals surface area contributed by atoms with Crippen molar-refractivity contribution >= 4 is 0 Å². The summed E-state index contributed by atoms with van der Waals surface area (Å²) in [7, 11) is 0. The quantitative estimate of drug-likeness (QED) is 0.487. The van der Waals surface area contributed by atoms with Gasteiger partial charge in [-0.25, -0.2) is 0 Å². The van der Waals surface area contributed by atoms with E-state index in [9.17, 15) is 0 Å². The summed E-state index contributed by atoms with van der Waals surface area (Å²) >= 11 is 0. The third-order valence-electron chi connectivity index (χ3n) is 2.14. The van der Waals surface area contributed by atoms with Crippen LogP contribution >= 0.6 is 0 Å². The summed E-state index contributed by atoms with van der Waals surface area (Å²) < 4.78 is 5.57. The first-order valence-corrected chi connectivity index (χ1v) is 4.63. The minimum Gasteiger partial charge on any atom is -0.371 e. The zero-order chi connectivity index (χ0) is 8.32. The van der Waals surface area contributed by atoms with Gasteiger partial charge in [-0.3, -0.25) is 0 Å². The predicted molar refractivity (Wildman–Crippen MR) is 47.6 cm³/mol. The van der Waals surface area contributed by atoms with Crippen molar-refractivity contribution in [1.29, 1.82) is 0 Å². The van der Waals surface area contributed by atoms with Crippen molar-refractivity contribution in [2.45, 2.75) is 45.6 Å². The van der Waals surface area contributed by atoms with E-state index >= 15 is 0 Å². The SMILES string of the molecule is CC.CC1=CC2(CC2)OCC1. The molecule has 2 rings (SSSR count). The molecule has 0 unspecified atom stereocenters. The first-order chi connectivity index (χ1) is 5.31. The zero-order valence-electron chi connectivity index (χ0n) is 7.81. The van der Waals surface area contributed by atoms with Gasteiger partial charge in [0, 0.05) is 0 Å². The Labute approximate surface area is 69.4 Å².